The Labute approximate surface area is 116 Å². The molecule has 0 saturated carbocycles. The Morgan fingerprint density at radius 1 is 1.17 bits per heavy atom. The second kappa shape index (κ2) is 7.13. The molecule has 0 spiro atoms. The normalized spacial score (nSPS) is 15.1. The van der Waals surface area contributed by atoms with Crippen LogP contribution in [0.1, 0.15) is 32.4 Å². The smallest absolute Gasteiger partial charge is 0.0406 e. The topological polar surface area (TPSA) is 15.3 Å². The molecule has 1 N–H and O–H groups in total. The molecule has 102 valence electrons. The molecule has 0 aliphatic carbocycles. The summed E-state index contributed by atoms with van der Waals surface area (Å²) < 4.78 is 0. The van der Waals surface area contributed by atoms with E-state index in [1.54, 1.807) is 0 Å². The zero-order valence-corrected chi connectivity index (χ0v) is 12.8. The summed E-state index contributed by atoms with van der Waals surface area (Å²) in [4.78, 5) is 2.43. The van der Waals surface area contributed by atoms with Gasteiger partial charge in [-0.05, 0) is 44.6 Å². The molecule has 1 rings (SSSR count). The van der Waals surface area contributed by atoms with Crippen LogP contribution >= 0.6 is 11.6 Å². The molecule has 0 heterocycles. The number of rotatable bonds is 6. The first-order valence-electron chi connectivity index (χ1n) is 6.59. The third kappa shape index (κ3) is 3.98. The van der Waals surface area contributed by atoms with Crippen LogP contribution in [0.4, 0.5) is 0 Å². The molecule has 0 radical (unpaired) electrons. The lowest BCUT2D eigenvalue weighted by Gasteiger charge is -2.36. The van der Waals surface area contributed by atoms with Crippen LogP contribution in [0.5, 0.6) is 0 Å². The predicted molar refractivity (Wildman–Crippen MR) is 80.2 cm³/mol. The fourth-order valence-electron chi connectivity index (χ4n) is 2.32. The first kappa shape index (κ1) is 15.5. The molecule has 0 saturated heterocycles. The number of hydrogen-bond donors (Lipinski definition) is 1. The summed E-state index contributed by atoms with van der Waals surface area (Å²) in [6, 6.07) is 9.07. The number of hydrogen-bond acceptors (Lipinski definition) is 2. The lowest BCUT2D eigenvalue weighted by atomic mass is 9.99. The van der Waals surface area contributed by atoms with Gasteiger partial charge in [0.2, 0.25) is 0 Å². The molecular formula is C15H25ClN2. The van der Waals surface area contributed by atoms with Gasteiger partial charge in [-0.15, -0.1) is 0 Å². The van der Waals surface area contributed by atoms with Crippen LogP contribution in [0.25, 0.3) is 0 Å². The largest absolute Gasteiger partial charge is 0.318 e. The molecule has 0 amide bonds. The standard InChI is InChI=1S/C15H25ClN2/c1-11(2)15(10-17-4)18(5)12(3)13-6-8-14(16)9-7-13/h6-9,11-12,15,17H,10H2,1-5H3. The fourth-order valence-corrected chi connectivity index (χ4v) is 2.45. The zero-order valence-electron chi connectivity index (χ0n) is 12.1. The highest BCUT2D eigenvalue weighted by Gasteiger charge is 2.22. The minimum absolute atomic E-state index is 0.392. The molecule has 18 heavy (non-hydrogen) atoms. The average Bonchev–Trinajstić information content (AvgIpc) is 2.35. The van der Waals surface area contributed by atoms with Gasteiger partial charge in [0.15, 0.2) is 0 Å². The van der Waals surface area contributed by atoms with Gasteiger partial charge < -0.3 is 5.32 Å². The molecule has 0 fully saturated rings. The number of nitrogens with one attached hydrogen (secondary N) is 1. The van der Waals surface area contributed by atoms with E-state index < -0.39 is 0 Å². The van der Waals surface area contributed by atoms with Crippen LogP contribution in [0, 0.1) is 5.92 Å². The minimum atomic E-state index is 0.392. The maximum absolute atomic E-state index is 5.94. The van der Waals surface area contributed by atoms with E-state index in [1.165, 1.54) is 5.56 Å². The van der Waals surface area contributed by atoms with E-state index in [1.807, 2.05) is 19.2 Å². The Hall–Kier alpha value is -0.570. The molecule has 0 aliphatic heterocycles. The second-order valence-electron chi connectivity index (χ2n) is 5.26. The summed E-state index contributed by atoms with van der Waals surface area (Å²) >= 11 is 5.94. The first-order chi connectivity index (χ1) is 8.47. The number of halogens is 1. The summed E-state index contributed by atoms with van der Waals surface area (Å²) in [6.45, 7) is 7.79. The highest BCUT2D eigenvalue weighted by molar-refractivity contribution is 6.30. The second-order valence-corrected chi connectivity index (χ2v) is 5.70. The van der Waals surface area contributed by atoms with Crippen molar-refractivity contribution in [1.29, 1.82) is 0 Å². The predicted octanol–water partition coefficient (Wildman–Crippen LogP) is 3.58. The summed E-state index contributed by atoms with van der Waals surface area (Å²) in [5, 5.41) is 4.08. The van der Waals surface area contributed by atoms with E-state index in [4.69, 9.17) is 11.6 Å². The lowest BCUT2D eigenvalue weighted by Crippen LogP contribution is -2.43. The van der Waals surface area contributed by atoms with E-state index in [-0.39, 0.29) is 0 Å². The van der Waals surface area contributed by atoms with Gasteiger partial charge in [-0.3, -0.25) is 4.90 Å². The third-order valence-electron chi connectivity index (χ3n) is 3.67. The number of nitrogens with zero attached hydrogens (tertiary/aromatic N) is 1. The van der Waals surface area contributed by atoms with Crippen molar-refractivity contribution in [3.05, 3.63) is 34.9 Å². The van der Waals surface area contributed by atoms with Gasteiger partial charge in [0.05, 0.1) is 0 Å². The molecule has 0 aliphatic rings. The van der Waals surface area contributed by atoms with Gasteiger partial charge in [-0.1, -0.05) is 37.6 Å². The lowest BCUT2D eigenvalue weighted by molar-refractivity contribution is 0.144. The molecular weight excluding hydrogens is 244 g/mol. The fraction of sp³-hybridized carbons (Fsp3) is 0.600. The zero-order chi connectivity index (χ0) is 13.7. The Kier molecular flexibility index (Phi) is 6.13. The van der Waals surface area contributed by atoms with Crippen LogP contribution in [0.2, 0.25) is 5.02 Å². The van der Waals surface area contributed by atoms with Crippen molar-refractivity contribution < 1.29 is 0 Å². The third-order valence-corrected chi connectivity index (χ3v) is 3.92. The molecule has 1 aromatic rings. The van der Waals surface area contributed by atoms with Crippen molar-refractivity contribution in [2.45, 2.75) is 32.9 Å². The molecule has 0 bridgehead atoms. The maximum atomic E-state index is 5.94. The Bertz CT molecular complexity index is 348. The van der Waals surface area contributed by atoms with Crippen LogP contribution in [0.15, 0.2) is 24.3 Å². The summed E-state index contributed by atoms with van der Waals surface area (Å²) in [5.41, 5.74) is 1.31. The van der Waals surface area contributed by atoms with Gasteiger partial charge in [0.25, 0.3) is 0 Å². The van der Waals surface area contributed by atoms with Crippen molar-refractivity contribution in [3.8, 4) is 0 Å². The quantitative estimate of drug-likeness (QED) is 0.848. The van der Waals surface area contributed by atoms with Gasteiger partial charge in [0, 0.05) is 23.7 Å². The minimum Gasteiger partial charge on any atom is -0.318 e. The molecule has 3 heteroatoms. The molecule has 0 aromatic heterocycles. The van der Waals surface area contributed by atoms with E-state index in [2.05, 4.69) is 50.2 Å². The van der Waals surface area contributed by atoms with Crippen LogP contribution in [0.3, 0.4) is 0 Å². The van der Waals surface area contributed by atoms with Crippen molar-refractivity contribution in [2.24, 2.45) is 5.92 Å². The van der Waals surface area contributed by atoms with E-state index in [0.717, 1.165) is 11.6 Å². The van der Waals surface area contributed by atoms with E-state index in [9.17, 15) is 0 Å². The Morgan fingerprint density at radius 3 is 2.17 bits per heavy atom. The van der Waals surface area contributed by atoms with Crippen molar-refractivity contribution >= 4 is 11.6 Å². The van der Waals surface area contributed by atoms with Crippen molar-refractivity contribution in [1.82, 2.24) is 10.2 Å². The van der Waals surface area contributed by atoms with Crippen LogP contribution in [-0.2, 0) is 0 Å². The van der Waals surface area contributed by atoms with Gasteiger partial charge in [-0.25, -0.2) is 0 Å². The first-order valence-corrected chi connectivity index (χ1v) is 6.97. The SMILES string of the molecule is CNCC(C(C)C)N(C)C(C)c1ccc(Cl)cc1. The summed E-state index contributed by atoms with van der Waals surface area (Å²) in [6.07, 6.45) is 0. The van der Waals surface area contributed by atoms with Crippen LogP contribution < -0.4 is 5.32 Å². The van der Waals surface area contributed by atoms with Gasteiger partial charge in [0.1, 0.15) is 0 Å². The maximum Gasteiger partial charge on any atom is 0.0406 e. The van der Waals surface area contributed by atoms with Crippen LogP contribution in [-0.4, -0.2) is 31.6 Å². The number of benzene rings is 1. The average molecular weight is 269 g/mol. The molecule has 2 nitrogen and oxygen atoms in total. The Balaban J connectivity index is 2.80. The van der Waals surface area contributed by atoms with E-state index >= 15 is 0 Å². The molecule has 1 aromatic carbocycles. The van der Waals surface area contributed by atoms with Gasteiger partial charge >= 0.3 is 0 Å². The molecule has 2 atom stereocenters. The van der Waals surface area contributed by atoms with Crippen molar-refractivity contribution in [3.63, 3.8) is 0 Å². The number of likely N-dealkylation sites (N-methyl/N-ethyl adjacent to an activating group) is 2. The molecule has 2 unspecified atom stereocenters. The highest BCUT2D eigenvalue weighted by Crippen LogP contribution is 2.24. The summed E-state index contributed by atoms with van der Waals surface area (Å²) in [7, 11) is 4.21. The Morgan fingerprint density at radius 2 is 1.72 bits per heavy atom. The van der Waals surface area contributed by atoms with Crippen molar-refractivity contribution in [2.75, 3.05) is 20.6 Å². The monoisotopic (exact) mass is 268 g/mol. The van der Waals surface area contributed by atoms with E-state index in [0.29, 0.717) is 18.0 Å². The summed E-state index contributed by atoms with van der Waals surface area (Å²) in [5.74, 6) is 0.622. The highest BCUT2D eigenvalue weighted by atomic mass is 35.5. The van der Waals surface area contributed by atoms with Gasteiger partial charge in [-0.2, -0.15) is 0 Å².